The Bertz CT molecular complexity index is 492. The molecule has 0 saturated carbocycles. The van der Waals surface area contributed by atoms with Gasteiger partial charge in [0, 0.05) is 6.04 Å². The maximum atomic E-state index is 10.3. The lowest BCUT2D eigenvalue weighted by Gasteiger charge is -2.39. The van der Waals surface area contributed by atoms with Gasteiger partial charge in [0.25, 0.3) is 0 Å². The first-order valence-corrected chi connectivity index (χ1v) is 7.33. The topological polar surface area (TPSA) is 32.3 Å². The van der Waals surface area contributed by atoms with E-state index in [1.165, 1.54) is 17.5 Å². The Hall–Kier alpha value is -1.64. The second-order valence-electron chi connectivity index (χ2n) is 5.51. The van der Waals surface area contributed by atoms with E-state index in [1.54, 1.807) is 0 Å². The molecule has 2 aromatic rings. The van der Waals surface area contributed by atoms with Gasteiger partial charge in [0.15, 0.2) is 0 Å². The number of aliphatic hydroxyl groups excluding tert-OH is 1. The number of benzene rings is 2. The van der Waals surface area contributed by atoms with Gasteiger partial charge in [-0.1, -0.05) is 60.7 Å². The van der Waals surface area contributed by atoms with Gasteiger partial charge in [-0.25, -0.2) is 0 Å². The van der Waals surface area contributed by atoms with Gasteiger partial charge in [-0.3, -0.25) is 0 Å². The van der Waals surface area contributed by atoms with E-state index >= 15 is 0 Å². The minimum Gasteiger partial charge on any atom is -0.395 e. The quantitative estimate of drug-likeness (QED) is 0.892. The molecule has 0 amide bonds. The largest absolute Gasteiger partial charge is 0.395 e. The zero-order valence-electron chi connectivity index (χ0n) is 11.6. The van der Waals surface area contributed by atoms with Crippen molar-refractivity contribution in [3.8, 4) is 0 Å². The van der Waals surface area contributed by atoms with Gasteiger partial charge in [0.2, 0.25) is 0 Å². The summed E-state index contributed by atoms with van der Waals surface area (Å²) < 4.78 is 0. The Morgan fingerprint density at radius 2 is 1.50 bits per heavy atom. The molecule has 0 spiro atoms. The fraction of sp³-hybridized carbons (Fsp3) is 0.333. The average molecular weight is 267 g/mol. The lowest BCUT2D eigenvalue weighted by atomic mass is 9.69. The Labute approximate surface area is 120 Å². The third kappa shape index (κ3) is 2.15. The minimum absolute atomic E-state index is 0.124. The highest BCUT2D eigenvalue weighted by atomic mass is 16.3. The van der Waals surface area contributed by atoms with Gasteiger partial charge < -0.3 is 10.4 Å². The van der Waals surface area contributed by atoms with Crippen LogP contribution >= 0.6 is 0 Å². The van der Waals surface area contributed by atoms with Crippen molar-refractivity contribution in [3.63, 3.8) is 0 Å². The molecule has 1 unspecified atom stereocenters. The summed E-state index contributed by atoms with van der Waals surface area (Å²) in [4.78, 5) is 0. The molecule has 1 saturated heterocycles. The summed E-state index contributed by atoms with van der Waals surface area (Å²) in [5.74, 6) is 0. The molecule has 0 aliphatic carbocycles. The number of nitrogens with one attached hydrogen (secondary N) is 1. The molecule has 104 valence electrons. The number of hydrogen-bond donors (Lipinski definition) is 2. The molecule has 1 fully saturated rings. The third-order valence-corrected chi connectivity index (χ3v) is 4.48. The Kier molecular flexibility index (Phi) is 3.86. The zero-order valence-corrected chi connectivity index (χ0v) is 11.6. The SMILES string of the molecule is OCC(c1ccccc1)(c1ccccc1)C1CCCN1. The number of hydrogen-bond acceptors (Lipinski definition) is 2. The molecule has 1 atom stereocenters. The van der Waals surface area contributed by atoms with Gasteiger partial charge >= 0.3 is 0 Å². The van der Waals surface area contributed by atoms with Crippen molar-refractivity contribution in [1.82, 2.24) is 5.32 Å². The number of aliphatic hydroxyl groups is 1. The van der Waals surface area contributed by atoms with Gasteiger partial charge in [0.05, 0.1) is 12.0 Å². The molecular weight excluding hydrogens is 246 g/mol. The standard InChI is InChI=1S/C18H21NO/c20-14-18(17-12-7-13-19-17,15-8-3-1-4-9-15)16-10-5-2-6-11-16/h1-6,8-11,17,19-20H,7,12-14H2. The highest BCUT2D eigenvalue weighted by Crippen LogP contribution is 2.38. The van der Waals surface area contributed by atoms with E-state index in [-0.39, 0.29) is 18.1 Å². The highest BCUT2D eigenvalue weighted by Gasteiger charge is 2.42. The van der Waals surface area contributed by atoms with E-state index in [0.29, 0.717) is 0 Å². The Balaban J connectivity index is 2.15. The van der Waals surface area contributed by atoms with Crippen LogP contribution in [0.1, 0.15) is 24.0 Å². The van der Waals surface area contributed by atoms with Crippen LogP contribution in [0.25, 0.3) is 0 Å². The van der Waals surface area contributed by atoms with Crippen LogP contribution in [0, 0.1) is 0 Å². The van der Waals surface area contributed by atoms with Crippen LogP contribution in [-0.4, -0.2) is 24.3 Å². The van der Waals surface area contributed by atoms with E-state index < -0.39 is 0 Å². The molecule has 3 rings (SSSR count). The Morgan fingerprint density at radius 3 is 1.90 bits per heavy atom. The summed E-state index contributed by atoms with van der Waals surface area (Å²) >= 11 is 0. The average Bonchev–Trinajstić information content (AvgIpc) is 3.06. The molecule has 1 aliphatic heterocycles. The highest BCUT2D eigenvalue weighted by molar-refractivity contribution is 5.42. The lowest BCUT2D eigenvalue weighted by Crippen LogP contribution is -2.49. The maximum absolute atomic E-state index is 10.3. The summed E-state index contributed by atoms with van der Waals surface area (Å²) in [6, 6.07) is 21.1. The summed E-state index contributed by atoms with van der Waals surface area (Å²) in [7, 11) is 0. The fourth-order valence-corrected chi connectivity index (χ4v) is 3.44. The fourth-order valence-electron chi connectivity index (χ4n) is 3.44. The smallest absolute Gasteiger partial charge is 0.0586 e. The van der Waals surface area contributed by atoms with E-state index in [2.05, 4.69) is 53.8 Å². The molecule has 1 aliphatic rings. The van der Waals surface area contributed by atoms with Crippen LogP contribution in [0.2, 0.25) is 0 Å². The predicted octanol–water partition coefficient (Wildman–Crippen LogP) is 2.72. The minimum atomic E-state index is -0.348. The molecule has 0 radical (unpaired) electrons. The first-order valence-electron chi connectivity index (χ1n) is 7.33. The van der Waals surface area contributed by atoms with Gasteiger partial charge in [-0.05, 0) is 30.5 Å². The molecule has 0 bridgehead atoms. The zero-order chi connectivity index (χ0) is 13.8. The second-order valence-corrected chi connectivity index (χ2v) is 5.51. The molecule has 1 heterocycles. The van der Waals surface area contributed by atoms with Crippen molar-refractivity contribution in [2.24, 2.45) is 0 Å². The van der Waals surface area contributed by atoms with Crippen molar-refractivity contribution in [3.05, 3.63) is 71.8 Å². The van der Waals surface area contributed by atoms with Gasteiger partial charge in [-0.15, -0.1) is 0 Å². The molecular formula is C18H21NO. The van der Waals surface area contributed by atoms with Crippen LogP contribution < -0.4 is 5.32 Å². The predicted molar refractivity (Wildman–Crippen MR) is 81.8 cm³/mol. The summed E-state index contributed by atoms with van der Waals surface area (Å²) in [5, 5.41) is 13.9. The third-order valence-electron chi connectivity index (χ3n) is 4.48. The summed E-state index contributed by atoms with van der Waals surface area (Å²) in [6.07, 6.45) is 2.27. The van der Waals surface area contributed by atoms with Crippen LogP contribution in [0.3, 0.4) is 0 Å². The monoisotopic (exact) mass is 267 g/mol. The maximum Gasteiger partial charge on any atom is 0.0586 e. The van der Waals surface area contributed by atoms with E-state index in [1.807, 2.05) is 12.1 Å². The van der Waals surface area contributed by atoms with Crippen molar-refractivity contribution >= 4 is 0 Å². The molecule has 2 nitrogen and oxygen atoms in total. The lowest BCUT2D eigenvalue weighted by molar-refractivity contribution is 0.188. The van der Waals surface area contributed by atoms with Crippen LogP contribution in [0.5, 0.6) is 0 Å². The van der Waals surface area contributed by atoms with Crippen molar-refractivity contribution < 1.29 is 5.11 Å². The first kappa shape index (κ1) is 13.3. The normalized spacial score (nSPS) is 19.1. The van der Waals surface area contributed by atoms with Gasteiger partial charge in [-0.2, -0.15) is 0 Å². The molecule has 2 heteroatoms. The van der Waals surface area contributed by atoms with Crippen LogP contribution in [-0.2, 0) is 5.41 Å². The van der Waals surface area contributed by atoms with E-state index in [9.17, 15) is 5.11 Å². The van der Waals surface area contributed by atoms with Crippen molar-refractivity contribution in [1.29, 1.82) is 0 Å². The molecule has 20 heavy (non-hydrogen) atoms. The molecule has 2 N–H and O–H groups in total. The van der Waals surface area contributed by atoms with Crippen molar-refractivity contribution in [2.45, 2.75) is 24.3 Å². The molecule has 2 aromatic carbocycles. The second kappa shape index (κ2) is 5.78. The molecule has 0 aromatic heterocycles. The first-order chi connectivity index (χ1) is 9.88. The number of rotatable bonds is 4. The van der Waals surface area contributed by atoms with Crippen molar-refractivity contribution in [2.75, 3.05) is 13.2 Å². The van der Waals surface area contributed by atoms with E-state index in [4.69, 9.17) is 0 Å². The van der Waals surface area contributed by atoms with Gasteiger partial charge in [0.1, 0.15) is 0 Å². The van der Waals surface area contributed by atoms with E-state index in [0.717, 1.165) is 13.0 Å². The summed E-state index contributed by atoms with van der Waals surface area (Å²) in [6.45, 7) is 1.16. The van der Waals surface area contributed by atoms with Crippen LogP contribution in [0.15, 0.2) is 60.7 Å². The summed E-state index contributed by atoms with van der Waals surface area (Å²) in [5.41, 5.74) is 2.03. The Morgan fingerprint density at radius 1 is 0.950 bits per heavy atom. The van der Waals surface area contributed by atoms with Crippen LogP contribution in [0.4, 0.5) is 0 Å².